The number of halogens is 2. The van der Waals surface area contributed by atoms with Crippen molar-refractivity contribution in [2.24, 2.45) is 0 Å². The molecule has 1 amide bonds. The van der Waals surface area contributed by atoms with E-state index in [-0.39, 0.29) is 21.9 Å². The summed E-state index contributed by atoms with van der Waals surface area (Å²) in [5, 5.41) is 4.42. The number of nitrogens with two attached hydrogens (primary N) is 1. The Bertz CT molecular complexity index is 553. The number of thiazole rings is 1. The van der Waals surface area contributed by atoms with Crippen LogP contribution in [0, 0.1) is 0 Å². The van der Waals surface area contributed by atoms with Crippen molar-refractivity contribution in [3.05, 3.63) is 27.6 Å². The largest absolute Gasteiger partial charge is 0.375 e. The second-order valence-electron chi connectivity index (χ2n) is 2.87. The van der Waals surface area contributed by atoms with E-state index in [1.165, 1.54) is 22.8 Å². The molecule has 0 saturated carbocycles. The number of rotatable bonds is 2. The van der Waals surface area contributed by atoms with Gasteiger partial charge in [-0.2, -0.15) is 0 Å². The van der Waals surface area contributed by atoms with E-state index in [2.05, 4.69) is 20.3 Å². The Morgan fingerprint density at radius 3 is 2.71 bits per heavy atom. The van der Waals surface area contributed by atoms with Crippen molar-refractivity contribution in [3.63, 3.8) is 0 Å². The number of hydrogen-bond acceptors (Lipinski definition) is 6. The highest BCUT2D eigenvalue weighted by atomic mass is 35.5. The van der Waals surface area contributed by atoms with Crippen molar-refractivity contribution in [2.45, 2.75) is 0 Å². The number of carbonyl (C=O) groups is 1. The Hall–Kier alpha value is -1.44. The normalized spacial score (nSPS) is 10.2. The van der Waals surface area contributed by atoms with Crippen LogP contribution in [0.15, 0.2) is 11.4 Å². The van der Waals surface area contributed by atoms with Gasteiger partial charge in [0.05, 0.1) is 0 Å². The first kappa shape index (κ1) is 12.0. The summed E-state index contributed by atoms with van der Waals surface area (Å²) in [5.74, 6) is -0.240. The van der Waals surface area contributed by atoms with Crippen LogP contribution in [0.3, 0.4) is 0 Å². The standard InChI is InChI=1S/C8H5Cl2N5OS/c9-4-1-5(15-7(10)13-4)14-6(16)3-2-17-8(11)12-3/h1-2H,(H2,11,12)(H,13,14,15,16). The van der Waals surface area contributed by atoms with Gasteiger partial charge in [-0.05, 0) is 11.6 Å². The van der Waals surface area contributed by atoms with Gasteiger partial charge in [0.25, 0.3) is 5.91 Å². The Kier molecular flexibility index (Phi) is 3.41. The Balaban J connectivity index is 2.18. The van der Waals surface area contributed by atoms with Crippen molar-refractivity contribution in [2.75, 3.05) is 11.1 Å². The van der Waals surface area contributed by atoms with E-state index in [0.717, 1.165) is 0 Å². The lowest BCUT2D eigenvalue weighted by atomic mass is 10.4. The maximum absolute atomic E-state index is 11.7. The van der Waals surface area contributed by atoms with Crippen LogP contribution in [0.1, 0.15) is 10.5 Å². The van der Waals surface area contributed by atoms with Crippen molar-refractivity contribution < 1.29 is 4.79 Å². The van der Waals surface area contributed by atoms with Gasteiger partial charge < -0.3 is 11.1 Å². The smallest absolute Gasteiger partial charge is 0.276 e. The molecule has 0 bridgehead atoms. The molecule has 0 aliphatic carbocycles. The molecule has 0 fully saturated rings. The average Bonchev–Trinajstić information content (AvgIpc) is 2.63. The fourth-order valence-corrected chi connectivity index (χ4v) is 1.98. The first-order chi connectivity index (χ1) is 8.04. The van der Waals surface area contributed by atoms with E-state index in [0.29, 0.717) is 5.13 Å². The molecule has 2 rings (SSSR count). The highest BCUT2D eigenvalue weighted by Crippen LogP contribution is 2.16. The minimum absolute atomic E-state index is 0.0504. The monoisotopic (exact) mass is 289 g/mol. The molecule has 0 unspecified atom stereocenters. The lowest BCUT2D eigenvalue weighted by Crippen LogP contribution is -2.13. The minimum atomic E-state index is -0.441. The van der Waals surface area contributed by atoms with E-state index in [4.69, 9.17) is 28.9 Å². The van der Waals surface area contributed by atoms with Gasteiger partial charge in [0, 0.05) is 11.4 Å². The van der Waals surface area contributed by atoms with Gasteiger partial charge in [-0.15, -0.1) is 11.3 Å². The first-order valence-electron chi connectivity index (χ1n) is 4.27. The molecule has 0 radical (unpaired) electrons. The highest BCUT2D eigenvalue weighted by Gasteiger charge is 2.11. The molecule has 0 spiro atoms. The third kappa shape index (κ3) is 3.02. The third-order valence-electron chi connectivity index (χ3n) is 1.66. The minimum Gasteiger partial charge on any atom is -0.375 e. The number of anilines is 2. The van der Waals surface area contributed by atoms with Gasteiger partial charge in [-0.3, -0.25) is 4.79 Å². The van der Waals surface area contributed by atoms with Crippen LogP contribution in [0.4, 0.5) is 10.9 Å². The van der Waals surface area contributed by atoms with Crippen molar-refractivity contribution in [3.8, 4) is 0 Å². The van der Waals surface area contributed by atoms with E-state index in [1.54, 1.807) is 0 Å². The molecular formula is C8H5Cl2N5OS. The zero-order valence-electron chi connectivity index (χ0n) is 8.15. The van der Waals surface area contributed by atoms with Gasteiger partial charge in [-0.1, -0.05) is 11.6 Å². The summed E-state index contributed by atoms with van der Waals surface area (Å²) in [7, 11) is 0. The summed E-state index contributed by atoms with van der Waals surface area (Å²) in [6.07, 6.45) is 0. The molecular weight excluding hydrogens is 285 g/mol. The first-order valence-corrected chi connectivity index (χ1v) is 5.90. The number of carbonyl (C=O) groups excluding carboxylic acids is 1. The lowest BCUT2D eigenvalue weighted by Gasteiger charge is -2.02. The molecule has 3 N–H and O–H groups in total. The van der Waals surface area contributed by atoms with Crippen LogP contribution < -0.4 is 11.1 Å². The molecule has 9 heteroatoms. The molecule has 0 aliphatic heterocycles. The van der Waals surface area contributed by atoms with Gasteiger partial charge in [0.2, 0.25) is 5.28 Å². The van der Waals surface area contributed by atoms with Crippen LogP contribution in [-0.2, 0) is 0 Å². The molecule has 17 heavy (non-hydrogen) atoms. The zero-order valence-corrected chi connectivity index (χ0v) is 10.5. The van der Waals surface area contributed by atoms with Crippen molar-refractivity contribution in [1.29, 1.82) is 0 Å². The van der Waals surface area contributed by atoms with E-state index >= 15 is 0 Å². The summed E-state index contributed by atoms with van der Waals surface area (Å²) < 4.78 is 0. The predicted octanol–water partition coefficient (Wildman–Crippen LogP) is 2.07. The molecule has 2 aromatic heterocycles. The highest BCUT2D eigenvalue weighted by molar-refractivity contribution is 7.13. The lowest BCUT2D eigenvalue weighted by molar-refractivity contribution is 0.102. The molecule has 0 aliphatic rings. The van der Waals surface area contributed by atoms with Gasteiger partial charge >= 0.3 is 0 Å². The van der Waals surface area contributed by atoms with E-state index < -0.39 is 5.91 Å². The molecule has 0 aromatic carbocycles. The molecule has 2 aromatic rings. The molecule has 6 nitrogen and oxygen atoms in total. The fraction of sp³-hybridized carbons (Fsp3) is 0. The summed E-state index contributed by atoms with van der Waals surface area (Å²) in [5.41, 5.74) is 5.62. The van der Waals surface area contributed by atoms with Crippen LogP contribution >= 0.6 is 34.5 Å². The summed E-state index contributed by atoms with van der Waals surface area (Å²) in [4.78, 5) is 22.9. The number of nitrogen functional groups attached to an aromatic ring is 1. The second-order valence-corrected chi connectivity index (χ2v) is 4.49. The number of nitrogens with zero attached hydrogens (tertiary/aromatic N) is 3. The fourth-order valence-electron chi connectivity index (χ4n) is 1.03. The maximum atomic E-state index is 11.7. The molecule has 0 saturated heterocycles. The van der Waals surface area contributed by atoms with E-state index in [9.17, 15) is 4.79 Å². The van der Waals surface area contributed by atoms with Crippen molar-refractivity contribution in [1.82, 2.24) is 15.0 Å². The topological polar surface area (TPSA) is 93.8 Å². The third-order valence-corrected chi connectivity index (χ3v) is 2.70. The Labute approximate surface area is 110 Å². The summed E-state index contributed by atoms with van der Waals surface area (Å²) in [6, 6.07) is 1.38. The second kappa shape index (κ2) is 4.82. The number of nitrogens with one attached hydrogen (secondary N) is 1. The van der Waals surface area contributed by atoms with Gasteiger partial charge in [0.1, 0.15) is 16.7 Å². The quantitative estimate of drug-likeness (QED) is 0.652. The maximum Gasteiger partial charge on any atom is 0.276 e. The molecule has 2 heterocycles. The SMILES string of the molecule is Nc1nc(C(=O)Nc2cc(Cl)nc(Cl)n2)cs1. The summed E-state index contributed by atoms with van der Waals surface area (Å²) in [6.45, 7) is 0. The number of hydrogen-bond donors (Lipinski definition) is 2. The van der Waals surface area contributed by atoms with Gasteiger partial charge in [-0.25, -0.2) is 15.0 Å². The number of amides is 1. The van der Waals surface area contributed by atoms with Crippen LogP contribution in [0.5, 0.6) is 0 Å². The van der Waals surface area contributed by atoms with Gasteiger partial charge in [0.15, 0.2) is 5.13 Å². The van der Waals surface area contributed by atoms with Crippen molar-refractivity contribution >= 4 is 51.4 Å². The van der Waals surface area contributed by atoms with Crippen LogP contribution in [0.25, 0.3) is 0 Å². The summed E-state index contributed by atoms with van der Waals surface area (Å²) >= 11 is 12.4. The molecule has 0 atom stereocenters. The number of aromatic nitrogens is 3. The predicted molar refractivity (Wildman–Crippen MR) is 66.5 cm³/mol. The Morgan fingerprint density at radius 2 is 2.12 bits per heavy atom. The molecule has 88 valence electrons. The Morgan fingerprint density at radius 1 is 1.35 bits per heavy atom. The van der Waals surface area contributed by atoms with Crippen LogP contribution in [0.2, 0.25) is 10.4 Å². The average molecular weight is 290 g/mol. The van der Waals surface area contributed by atoms with E-state index in [1.807, 2.05) is 0 Å². The van der Waals surface area contributed by atoms with Crippen LogP contribution in [-0.4, -0.2) is 20.9 Å². The zero-order chi connectivity index (χ0) is 12.4.